The van der Waals surface area contributed by atoms with Gasteiger partial charge in [-0.05, 0) is 20.4 Å². The molecule has 0 saturated carbocycles. The van der Waals surface area contributed by atoms with Crippen LogP contribution in [0, 0.1) is 6.92 Å². The second kappa shape index (κ2) is 8.38. The molecular weight excluding hydrogens is 418 g/mol. The average molecular weight is 444 g/mol. The van der Waals surface area contributed by atoms with Crippen molar-refractivity contribution in [3.8, 4) is 5.82 Å². The molecule has 11 heteroatoms. The Labute approximate surface area is 184 Å². The summed E-state index contributed by atoms with van der Waals surface area (Å²) in [5.74, 6) is -2.65. The molecular formula is C21H26F2N8O. The van der Waals surface area contributed by atoms with Crippen LogP contribution in [0.4, 0.5) is 20.4 Å². The van der Waals surface area contributed by atoms with Crippen LogP contribution in [0.3, 0.4) is 0 Å². The van der Waals surface area contributed by atoms with Crippen molar-refractivity contribution in [1.29, 1.82) is 0 Å². The fourth-order valence-corrected chi connectivity index (χ4v) is 3.75. The van der Waals surface area contributed by atoms with E-state index in [-0.39, 0.29) is 11.7 Å². The second-order valence-electron chi connectivity index (χ2n) is 8.02. The van der Waals surface area contributed by atoms with E-state index in [1.54, 1.807) is 32.2 Å². The number of nitrogens with one attached hydrogen (secondary N) is 2. The molecule has 4 rings (SSSR count). The number of aromatic nitrogens is 5. The number of hydrogen-bond acceptors (Lipinski definition) is 7. The number of pyridine rings is 1. The third-order valence-corrected chi connectivity index (χ3v) is 5.48. The molecule has 9 nitrogen and oxygen atoms in total. The predicted octanol–water partition coefficient (Wildman–Crippen LogP) is 2.78. The van der Waals surface area contributed by atoms with Crippen LogP contribution < -0.4 is 15.5 Å². The SMILES string of the molecule is CCC(=O)Nc1cc2c(cn1)c(N1CCC(NC)C1)nn2-c1cc(C)nc(C(C)(F)F)n1. The maximum atomic E-state index is 14.0. The first-order valence-electron chi connectivity index (χ1n) is 10.5. The molecule has 1 atom stereocenters. The van der Waals surface area contributed by atoms with Gasteiger partial charge in [0.1, 0.15) is 5.82 Å². The van der Waals surface area contributed by atoms with Crippen molar-refractivity contribution in [2.24, 2.45) is 0 Å². The minimum Gasteiger partial charge on any atom is -0.353 e. The highest BCUT2D eigenvalue weighted by Crippen LogP contribution is 2.32. The monoisotopic (exact) mass is 444 g/mol. The summed E-state index contributed by atoms with van der Waals surface area (Å²) in [6.45, 7) is 5.71. The summed E-state index contributed by atoms with van der Waals surface area (Å²) < 4.78 is 29.5. The number of aryl methyl sites for hydroxylation is 1. The van der Waals surface area contributed by atoms with E-state index in [2.05, 4.69) is 30.5 Å². The number of alkyl halides is 2. The smallest absolute Gasteiger partial charge is 0.303 e. The standard InChI is InChI=1S/C21H26F2N8O/c1-5-18(32)27-16-9-15-14(10-25-16)19(30-7-6-13(11-30)24-4)29-31(15)17-8-12(2)26-20(28-17)21(3,22)23/h8-10,13,24H,5-7,11H2,1-4H3,(H,25,27,32). The molecule has 2 N–H and O–H groups in total. The van der Waals surface area contributed by atoms with Crippen molar-refractivity contribution in [2.75, 3.05) is 30.4 Å². The van der Waals surface area contributed by atoms with Crippen LogP contribution in [-0.4, -0.2) is 56.8 Å². The topological polar surface area (TPSA) is 101 Å². The molecule has 0 radical (unpaired) electrons. The number of likely N-dealkylation sites (N-methyl/N-ethyl adjacent to an activating group) is 1. The molecule has 0 aliphatic carbocycles. The largest absolute Gasteiger partial charge is 0.353 e. The number of fused-ring (bicyclic) bond motifs is 1. The van der Waals surface area contributed by atoms with E-state index >= 15 is 0 Å². The third kappa shape index (κ3) is 4.24. The highest BCUT2D eigenvalue weighted by Gasteiger charge is 2.30. The first-order valence-corrected chi connectivity index (χ1v) is 10.5. The fraction of sp³-hybridized carbons (Fsp3) is 0.476. The molecule has 4 heterocycles. The lowest BCUT2D eigenvalue weighted by atomic mass is 10.2. The number of carbonyl (C=O) groups is 1. The van der Waals surface area contributed by atoms with Gasteiger partial charge in [0.05, 0.1) is 10.9 Å². The van der Waals surface area contributed by atoms with Gasteiger partial charge in [-0.15, -0.1) is 5.10 Å². The van der Waals surface area contributed by atoms with Crippen LogP contribution >= 0.6 is 0 Å². The lowest BCUT2D eigenvalue weighted by Crippen LogP contribution is -2.29. The quantitative estimate of drug-likeness (QED) is 0.603. The van der Waals surface area contributed by atoms with E-state index in [1.807, 2.05) is 7.05 Å². The van der Waals surface area contributed by atoms with Gasteiger partial charge in [-0.2, -0.15) is 8.78 Å². The van der Waals surface area contributed by atoms with Gasteiger partial charge in [0.2, 0.25) is 11.7 Å². The van der Waals surface area contributed by atoms with Gasteiger partial charge in [-0.1, -0.05) is 6.92 Å². The zero-order chi connectivity index (χ0) is 23.0. The molecule has 1 aliphatic rings. The summed E-state index contributed by atoms with van der Waals surface area (Å²) in [6.07, 6.45) is 2.92. The number of rotatable bonds is 6. The average Bonchev–Trinajstić information content (AvgIpc) is 3.36. The molecule has 3 aromatic heterocycles. The number of anilines is 2. The summed E-state index contributed by atoms with van der Waals surface area (Å²) in [4.78, 5) is 26.4. The molecule has 0 bridgehead atoms. The summed E-state index contributed by atoms with van der Waals surface area (Å²) in [6, 6.07) is 3.63. The van der Waals surface area contributed by atoms with E-state index in [9.17, 15) is 13.6 Å². The zero-order valence-corrected chi connectivity index (χ0v) is 18.5. The Morgan fingerprint density at radius 3 is 2.75 bits per heavy atom. The van der Waals surface area contributed by atoms with E-state index in [0.29, 0.717) is 35.3 Å². The van der Waals surface area contributed by atoms with Crippen molar-refractivity contribution in [2.45, 2.75) is 45.6 Å². The Balaban J connectivity index is 1.88. The summed E-state index contributed by atoms with van der Waals surface area (Å²) in [7, 11) is 1.92. The maximum Gasteiger partial charge on any atom is 0.303 e. The molecule has 1 fully saturated rings. The van der Waals surface area contributed by atoms with Gasteiger partial charge in [0, 0.05) is 56.5 Å². The highest BCUT2D eigenvalue weighted by atomic mass is 19.3. The van der Waals surface area contributed by atoms with E-state index in [0.717, 1.165) is 31.8 Å². The van der Waals surface area contributed by atoms with Gasteiger partial charge in [0.15, 0.2) is 11.6 Å². The van der Waals surface area contributed by atoms with Crippen molar-refractivity contribution < 1.29 is 13.6 Å². The van der Waals surface area contributed by atoms with Gasteiger partial charge in [-0.3, -0.25) is 4.79 Å². The van der Waals surface area contributed by atoms with Crippen molar-refractivity contribution >= 4 is 28.4 Å². The van der Waals surface area contributed by atoms with Crippen LogP contribution in [-0.2, 0) is 10.7 Å². The van der Waals surface area contributed by atoms with Crippen molar-refractivity contribution in [3.63, 3.8) is 0 Å². The number of carbonyl (C=O) groups excluding carboxylic acids is 1. The molecule has 32 heavy (non-hydrogen) atoms. The van der Waals surface area contributed by atoms with Crippen LogP contribution in [0.2, 0.25) is 0 Å². The fourth-order valence-electron chi connectivity index (χ4n) is 3.75. The third-order valence-electron chi connectivity index (χ3n) is 5.48. The van der Waals surface area contributed by atoms with Crippen molar-refractivity contribution in [3.05, 3.63) is 29.8 Å². The van der Waals surface area contributed by atoms with Crippen LogP contribution in [0.25, 0.3) is 16.7 Å². The number of amides is 1. The Morgan fingerprint density at radius 1 is 1.31 bits per heavy atom. The molecule has 1 saturated heterocycles. The van der Waals surface area contributed by atoms with Gasteiger partial charge in [-0.25, -0.2) is 19.6 Å². The number of nitrogens with zero attached hydrogens (tertiary/aromatic N) is 6. The second-order valence-corrected chi connectivity index (χ2v) is 8.02. The molecule has 1 unspecified atom stereocenters. The first-order chi connectivity index (χ1) is 15.2. The molecule has 1 amide bonds. The molecule has 0 aromatic carbocycles. The Kier molecular flexibility index (Phi) is 5.76. The number of halogens is 2. The Bertz CT molecular complexity index is 1160. The summed E-state index contributed by atoms with van der Waals surface area (Å²) in [5.41, 5.74) is 1.01. The van der Waals surface area contributed by atoms with Crippen LogP contribution in [0.15, 0.2) is 18.3 Å². The predicted molar refractivity (Wildman–Crippen MR) is 117 cm³/mol. The molecule has 0 spiro atoms. The summed E-state index contributed by atoms with van der Waals surface area (Å²) in [5, 5.41) is 11.5. The van der Waals surface area contributed by atoms with Gasteiger partial charge >= 0.3 is 5.92 Å². The normalized spacial score (nSPS) is 16.7. The van der Waals surface area contributed by atoms with Crippen molar-refractivity contribution in [1.82, 2.24) is 30.0 Å². The van der Waals surface area contributed by atoms with E-state index in [1.165, 1.54) is 4.68 Å². The van der Waals surface area contributed by atoms with Crippen LogP contribution in [0.1, 0.15) is 38.2 Å². The lowest BCUT2D eigenvalue weighted by molar-refractivity contribution is -0.115. The Hall–Kier alpha value is -3.21. The minimum absolute atomic E-state index is 0.176. The molecule has 170 valence electrons. The zero-order valence-electron chi connectivity index (χ0n) is 18.5. The highest BCUT2D eigenvalue weighted by molar-refractivity contribution is 5.95. The minimum atomic E-state index is -3.19. The maximum absolute atomic E-state index is 14.0. The summed E-state index contributed by atoms with van der Waals surface area (Å²) >= 11 is 0. The first kappa shape index (κ1) is 22.0. The van der Waals surface area contributed by atoms with Gasteiger partial charge < -0.3 is 15.5 Å². The molecule has 3 aromatic rings. The Morgan fingerprint density at radius 2 is 2.09 bits per heavy atom. The van der Waals surface area contributed by atoms with E-state index in [4.69, 9.17) is 5.10 Å². The van der Waals surface area contributed by atoms with Crippen LogP contribution in [0.5, 0.6) is 0 Å². The van der Waals surface area contributed by atoms with Gasteiger partial charge in [0.25, 0.3) is 0 Å². The number of hydrogen-bond donors (Lipinski definition) is 2. The lowest BCUT2D eigenvalue weighted by Gasteiger charge is -2.15. The van der Waals surface area contributed by atoms with E-state index < -0.39 is 11.7 Å². The molecule has 1 aliphatic heterocycles.